The van der Waals surface area contributed by atoms with Gasteiger partial charge in [0, 0.05) is 6.21 Å². The molecule has 3 heteroatoms. The number of hydrazone groups is 1. The van der Waals surface area contributed by atoms with Gasteiger partial charge in [0.15, 0.2) is 0 Å². The largest absolute Gasteiger partial charge is 0.301 e. The molecule has 0 radical (unpaired) electrons. The molecular weight excluding hydrogens is 114 g/mol. The predicted octanol–water partition coefficient (Wildman–Crippen LogP) is -0.0452. The molecule has 2 rings (SSSR count). The van der Waals surface area contributed by atoms with E-state index in [1.165, 1.54) is 5.57 Å². The van der Waals surface area contributed by atoms with Crippen LogP contribution in [0.2, 0.25) is 0 Å². The van der Waals surface area contributed by atoms with Crippen LogP contribution >= 0.6 is 0 Å². The lowest BCUT2D eigenvalue weighted by molar-refractivity contribution is 0.646. The van der Waals surface area contributed by atoms with Crippen LogP contribution in [0.5, 0.6) is 0 Å². The van der Waals surface area contributed by atoms with Crippen molar-refractivity contribution in [3.8, 4) is 0 Å². The van der Waals surface area contributed by atoms with E-state index in [1.54, 1.807) is 0 Å². The minimum atomic E-state index is 0.356. The summed E-state index contributed by atoms with van der Waals surface area (Å²) in [4.78, 5) is 4.08. The van der Waals surface area contributed by atoms with Gasteiger partial charge < -0.3 is 5.43 Å². The van der Waals surface area contributed by atoms with Gasteiger partial charge in [0.2, 0.25) is 0 Å². The molecule has 2 aliphatic heterocycles. The highest BCUT2D eigenvalue weighted by atomic mass is 15.3. The molecule has 3 nitrogen and oxygen atoms in total. The fraction of sp³-hybridized carbons (Fsp3) is 0.333. The first-order chi connectivity index (χ1) is 4.47. The first-order valence-corrected chi connectivity index (χ1v) is 2.95. The second kappa shape index (κ2) is 1.69. The first kappa shape index (κ1) is 4.73. The average molecular weight is 121 g/mol. The molecule has 2 heterocycles. The molecule has 46 valence electrons. The van der Waals surface area contributed by atoms with Crippen LogP contribution in [-0.4, -0.2) is 25.0 Å². The lowest BCUT2D eigenvalue weighted by Gasteiger charge is -2.09. The van der Waals surface area contributed by atoms with Crippen LogP contribution in [0, 0.1) is 0 Å². The molecule has 0 saturated heterocycles. The van der Waals surface area contributed by atoms with Gasteiger partial charge in [-0.25, -0.2) is 0 Å². The highest BCUT2D eigenvalue weighted by molar-refractivity contribution is 5.90. The Bertz CT molecular complexity index is 202. The van der Waals surface area contributed by atoms with Gasteiger partial charge in [-0.1, -0.05) is 0 Å². The van der Waals surface area contributed by atoms with E-state index >= 15 is 0 Å². The van der Waals surface area contributed by atoms with Crippen molar-refractivity contribution in [2.45, 2.75) is 6.04 Å². The summed E-state index contributed by atoms with van der Waals surface area (Å²) in [6, 6.07) is 0.356. The Balaban J connectivity index is 2.31. The Morgan fingerprint density at radius 1 is 1.67 bits per heavy atom. The van der Waals surface area contributed by atoms with Gasteiger partial charge in [-0.3, -0.25) is 4.99 Å². The molecule has 0 spiro atoms. The van der Waals surface area contributed by atoms with Crippen LogP contribution < -0.4 is 5.43 Å². The van der Waals surface area contributed by atoms with Gasteiger partial charge in [0.05, 0.1) is 18.8 Å². The lowest BCUT2D eigenvalue weighted by atomic mass is 10.1. The van der Waals surface area contributed by atoms with Crippen LogP contribution in [0.15, 0.2) is 21.7 Å². The molecule has 1 atom stereocenters. The van der Waals surface area contributed by atoms with E-state index in [0.29, 0.717) is 6.04 Å². The average Bonchev–Trinajstić information content (AvgIpc) is 2.33. The van der Waals surface area contributed by atoms with Crippen LogP contribution in [0.3, 0.4) is 0 Å². The summed E-state index contributed by atoms with van der Waals surface area (Å²) in [5.74, 6) is 0. The van der Waals surface area contributed by atoms with E-state index in [2.05, 4.69) is 15.5 Å². The molecule has 0 aromatic carbocycles. The number of allylic oxidation sites excluding steroid dienone is 1. The fourth-order valence-electron chi connectivity index (χ4n) is 0.977. The minimum absolute atomic E-state index is 0.356. The molecule has 0 aromatic rings. The molecule has 0 fully saturated rings. The Morgan fingerprint density at radius 2 is 2.67 bits per heavy atom. The third kappa shape index (κ3) is 0.650. The number of aliphatic imine (C=N–C) groups is 1. The van der Waals surface area contributed by atoms with E-state index in [4.69, 9.17) is 0 Å². The summed E-state index contributed by atoms with van der Waals surface area (Å²) in [5.41, 5.74) is 4.19. The number of fused-ring (bicyclic) bond motifs is 1. The molecule has 0 aliphatic carbocycles. The van der Waals surface area contributed by atoms with Crippen molar-refractivity contribution in [2.75, 3.05) is 6.54 Å². The molecule has 0 aromatic heterocycles. The summed E-state index contributed by atoms with van der Waals surface area (Å²) in [6.45, 7) is 0.825. The normalized spacial score (nSPS) is 29.3. The van der Waals surface area contributed by atoms with Gasteiger partial charge in [0.1, 0.15) is 0 Å². The zero-order valence-corrected chi connectivity index (χ0v) is 4.91. The molecule has 9 heavy (non-hydrogen) atoms. The predicted molar refractivity (Wildman–Crippen MR) is 36.9 cm³/mol. The SMILES string of the molecule is C1=NCC2NN=CC2=C1. The van der Waals surface area contributed by atoms with E-state index in [0.717, 1.165) is 6.54 Å². The second-order valence-corrected chi connectivity index (χ2v) is 2.12. The molecular formula is C6H7N3. The quantitative estimate of drug-likeness (QED) is 0.479. The summed E-state index contributed by atoms with van der Waals surface area (Å²) in [7, 11) is 0. The number of nitrogens with zero attached hydrogens (tertiary/aromatic N) is 2. The Hall–Kier alpha value is -1.12. The van der Waals surface area contributed by atoms with Crippen molar-refractivity contribution in [1.29, 1.82) is 0 Å². The Morgan fingerprint density at radius 3 is 3.56 bits per heavy atom. The third-order valence-electron chi connectivity index (χ3n) is 1.51. The van der Waals surface area contributed by atoms with Crippen molar-refractivity contribution in [2.24, 2.45) is 10.1 Å². The highest BCUT2D eigenvalue weighted by Gasteiger charge is 2.16. The van der Waals surface area contributed by atoms with Crippen LogP contribution in [0.4, 0.5) is 0 Å². The topological polar surface area (TPSA) is 36.8 Å². The number of dihydropyridines is 1. The fourth-order valence-corrected chi connectivity index (χ4v) is 0.977. The van der Waals surface area contributed by atoms with Crippen molar-refractivity contribution in [3.05, 3.63) is 11.6 Å². The summed E-state index contributed by atoms with van der Waals surface area (Å²) in [5, 5.41) is 3.90. The first-order valence-electron chi connectivity index (χ1n) is 2.95. The monoisotopic (exact) mass is 121 g/mol. The number of hydrogen-bond acceptors (Lipinski definition) is 3. The molecule has 0 saturated carbocycles. The zero-order valence-electron chi connectivity index (χ0n) is 4.91. The standard InChI is InChI=1S/C6H7N3/c1-2-7-4-6-5(1)3-8-9-6/h1-3,6,9H,4H2. The molecule has 1 unspecified atom stereocenters. The molecule has 0 amide bonds. The van der Waals surface area contributed by atoms with Gasteiger partial charge in [-0.05, 0) is 11.6 Å². The maximum Gasteiger partial charge on any atom is 0.0900 e. The van der Waals surface area contributed by atoms with Gasteiger partial charge >= 0.3 is 0 Å². The van der Waals surface area contributed by atoms with Crippen LogP contribution in [0.25, 0.3) is 0 Å². The molecule has 0 bridgehead atoms. The maximum absolute atomic E-state index is 4.08. The second-order valence-electron chi connectivity index (χ2n) is 2.12. The van der Waals surface area contributed by atoms with E-state index in [9.17, 15) is 0 Å². The lowest BCUT2D eigenvalue weighted by Crippen LogP contribution is -2.26. The van der Waals surface area contributed by atoms with Crippen LogP contribution in [-0.2, 0) is 0 Å². The summed E-state index contributed by atoms with van der Waals surface area (Å²) >= 11 is 0. The Kier molecular flexibility index (Phi) is 0.886. The number of nitrogens with one attached hydrogen (secondary N) is 1. The van der Waals surface area contributed by atoms with Crippen molar-refractivity contribution >= 4 is 12.4 Å². The van der Waals surface area contributed by atoms with Crippen molar-refractivity contribution in [1.82, 2.24) is 5.43 Å². The maximum atomic E-state index is 4.08. The molecule has 2 aliphatic rings. The van der Waals surface area contributed by atoms with Crippen molar-refractivity contribution < 1.29 is 0 Å². The van der Waals surface area contributed by atoms with E-state index in [-0.39, 0.29) is 0 Å². The molecule has 1 N–H and O–H groups in total. The highest BCUT2D eigenvalue weighted by Crippen LogP contribution is 2.07. The smallest absolute Gasteiger partial charge is 0.0900 e. The summed E-state index contributed by atoms with van der Waals surface area (Å²) in [6.07, 6.45) is 5.65. The minimum Gasteiger partial charge on any atom is -0.301 e. The Labute approximate surface area is 53.2 Å². The van der Waals surface area contributed by atoms with Crippen LogP contribution in [0.1, 0.15) is 0 Å². The number of hydrogen-bond donors (Lipinski definition) is 1. The van der Waals surface area contributed by atoms with Gasteiger partial charge in [-0.2, -0.15) is 5.10 Å². The van der Waals surface area contributed by atoms with Gasteiger partial charge in [0.25, 0.3) is 0 Å². The zero-order chi connectivity index (χ0) is 6.10. The van der Waals surface area contributed by atoms with E-state index < -0.39 is 0 Å². The van der Waals surface area contributed by atoms with Crippen molar-refractivity contribution in [3.63, 3.8) is 0 Å². The third-order valence-corrected chi connectivity index (χ3v) is 1.51. The van der Waals surface area contributed by atoms with Gasteiger partial charge in [-0.15, -0.1) is 0 Å². The number of rotatable bonds is 0. The van der Waals surface area contributed by atoms with E-state index in [1.807, 2.05) is 18.5 Å². The summed E-state index contributed by atoms with van der Waals surface area (Å²) < 4.78 is 0.